The molecule has 6 nitrogen and oxygen atoms in total. The molecule has 0 saturated carbocycles. The Morgan fingerprint density at radius 1 is 1.30 bits per heavy atom. The molecule has 138 valence electrons. The molecule has 2 aromatic rings. The number of amides is 1. The number of rotatable bonds is 5. The number of hydrogen-bond acceptors (Lipinski definition) is 6. The van der Waals surface area contributed by atoms with Gasteiger partial charge in [0.15, 0.2) is 16.7 Å². The number of nitrogens with two attached hydrogens (primary N) is 1. The van der Waals surface area contributed by atoms with Gasteiger partial charge in [0.2, 0.25) is 0 Å². The maximum absolute atomic E-state index is 12.4. The zero-order valence-corrected chi connectivity index (χ0v) is 17.2. The summed E-state index contributed by atoms with van der Waals surface area (Å²) >= 11 is 3.18. The molecular weight excluding hydrogens is 479 g/mol. The number of nitrogens with zero attached hydrogens (tertiary/aromatic N) is 1. The second-order valence-electron chi connectivity index (χ2n) is 5.38. The second-order valence-corrected chi connectivity index (χ2v) is 7.61. The summed E-state index contributed by atoms with van der Waals surface area (Å²) < 4.78 is 11.9. The first-order valence-corrected chi connectivity index (χ1v) is 9.89. The van der Waals surface area contributed by atoms with Gasteiger partial charge in [-0.2, -0.15) is 4.99 Å². The molecule has 0 bridgehead atoms. The van der Waals surface area contributed by atoms with Crippen LogP contribution in [0.15, 0.2) is 52.4 Å². The number of carbonyl (C=O) groups is 2. The first kappa shape index (κ1) is 19.4. The molecule has 1 aliphatic heterocycles. The maximum atomic E-state index is 12.4. The lowest BCUT2D eigenvalue weighted by atomic mass is 10.1. The number of thioether (sulfide) groups is 1. The van der Waals surface area contributed by atoms with E-state index in [-0.39, 0.29) is 11.1 Å². The van der Waals surface area contributed by atoms with Gasteiger partial charge < -0.3 is 15.2 Å². The van der Waals surface area contributed by atoms with E-state index in [0.717, 1.165) is 17.3 Å². The molecule has 0 unspecified atom stereocenters. The summed E-state index contributed by atoms with van der Waals surface area (Å²) in [6.45, 7) is 2.24. The maximum Gasteiger partial charge on any atom is 0.343 e. The number of esters is 1. The molecule has 1 heterocycles. The Kier molecular flexibility index (Phi) is 6.17. The number of benzene rings is 2. The molecule has 2 aromatic carbocycles. The first-order chi connectivity index (χ1) is 13.0. The zero-order chi connectivity index (χ0) is 19.4. The van der Waals surface area contributed by atoms with Crippen LogP contribution in [-0.2, 0) is 4.79 Å². The smallest absolute Gasteiger partial charge is 0.343 e. The lowest BCUT2D eigenvalue weighted by molar-refractivity contribution is -0.113. The SMILES string of the molecule is CCOc1cc(/C=C2\SC(N)=NC2=O)cc(I)c1OC(=O)c1ccccc1. The largest absolute Gasteiger partial charge is 0.490 e. The van der Waals surface area contributed by atoms with Gasteiger partial charge in [-0.3, -0.25) is 4.79 Å². The number of halogens is 1. The van der Waals surface area contributed by atoms with E-state index in [1.807, 2.05) is 13.0 Å². The van der Waals surface area contributed by atoms with Crippen LogP contribution in [0.25, 0.3) is 6.08 Å². The third-order valence-corrected chi connectivity index (χ3v) is 5.08. The van der Waals surface area contributed by atoms with Crippen molar-refractivity contribution in [2.24, 2.45) is 10.7 Å². The van der Waals surface area contributed by atoms with Crippen LogP contribution in [0.4, 0.5) is 0 Å². The Bertz CT molecular complexity index is 958. The van der Waals surface area contributed by atoms with Gasteiger partial charge in [-0.25, -0.2) is 4.79 Å². The first-order valence-electron chi connectivity index (χ1n) is 7.99. The van der Waals surface area contributed by atoms with Crippen LogP contribution in [0.1, 0.15) is 22.8 Å². The van der Waals surface area contributed by atoms with Crippen molar-refractivity contribution >= 4 is 57.5 Å². The van der Waals surface area contributed by atoms with Crippen molar-refractivity contribution in [3.63, 3.8) is 0 Å². The van der Waals surface area contributed by atoms with E-state index in [9.17, 15) is 9.59 Å². The molecule has 0 radical (unpaired) electrons. The van der Waals surface area contributed by atoms with E-state index in [0.29, 0.717) is 32.1 Å². The van der Waals surface area contributed by atoms with Crippen LogP contribution in [0.5, 0.6) is 11.5 Å². The molecule has 0 atom stereocenters. The molecule has 27 heavy (non-hydrogen) atoms. The van der Waals surface area contributed by atoms with E-state index in [4.69, 9.17) is 15.2 Å². The molecule has 0 fully saturated rings. The van der Waals surface area contributed by atoms with Crippen molar-refractivity contribution in [2.75, 3.05) is 6.61 Å². The molecular formula is C19H15IN2O4S. The summed E-state index contributed by atoms with van der Waals surface area (Å²) in [5.74, 6) is -0.0761. The van der Waals surface area contributed by atoms with Crippen LogP contribution < -0.4 is 15.2 Å². The van der Waals surface area contributed by atoms with E-state index in [1.165, 1.54) is 0 Å². The monoisotopic (exact) mass is 494 g/mol. The minimum absolute atomic E-state index is 0.222. The summed E-state index contributed by atoms with van der Waals surface area (Å²) in [4.78, 5) is 28.3. The predicted molar refractivity (Wildman–Crippen MR) is 114 cm³/mol. The van der Waals surface area contributed by atoms with E-state index < -0.39 is 5.97 Å². The number of amidine groups is 1. The molecule has 0 spiro atoms. The molecule has 0 aliphatic carbocycles. The summed E-state index contributed by atoms with van der Waals surface area (Å²) in [6, 6.07) is 12.2. The fraction of sp³-hybridized carbons (Fsp3) is 0.105. The molecule has 8 heteroatoms. The van der Waals surface area contributed by atoms with Crippen LogP contribution in [-0.4, -0.2) is 23.7 Å². The highest BCUT2D eigenvalue weighted by Crippen LogP contribution is 2.36. The topological polar surface area (TPSA) is 91.0 Å². The van der Waals surface area contributed by atoms with Crippen molar-refractivity contribution in [3.05, 3.63) is 62.1 Å². The third-order valence-electron chi connectivity index (χ3n) is 3.47. The van der Waals surface area contributed by atoms with Crippen molar-refractivity contribution in [1.82, 2.24) is 0 Å². The van der Waals surface area contributed by atoms with Gasteiger partial charge in [-0.1, -0.05) is 18.2 Å². The Hall–Kier alpha value is -2.33. The van der Waals surface area contributed by atoms with Gasteiger partial charge in [0.1, 0.15) is 0 Å². The van der Waals surface area contributed by atoms with Gasteiger partial charge in [-0.15, -0.1) is 0 Å². The van der Waals surface area contributed by atoms with E-state index in [2.05, 4.69) is 27.6 Å². The standard InChI is InChI=1S/C19H15IN2O4S/c1-2-25-14-9-11(10-15-17(23)22-19(21)27-15)8-13(20)16(14)26-18(24)12-6-4-3-5-7-12/h3-10H,2H2,1H3,(H2,21,22,23)/b15-10-. The molecule has 1 amide bonds. The Morgan fingerprint density at radius 2 is 2.04 bits per heavy atom. The Morgan fingerprint density at radius 3 is 2.67 bits per heavy atom. The van der Waals surface area contributed by atoms with Crippen LogP contribution in [0.3, 0.4) is 0 Å². The average Bonchev–Trinajstić information content (AvgIpc) is 2.96. The van der Waals surface area contributed by atoms with Crippen molar-refractivity contribution < 1.29 is 19.1 Å². The van der Waals surface area contributed by atoms with Crippen LogP contribution in [0.2, 0.25) is 0 Å². The molecule has 2 N–H and O–H groups in total. The van der Waals surface area contributed by atoms with Crippen molar-refractivity contribution in [3.8, 4) is 11.5 Å². The lowest BCUT2D eigenvalue weighted by Crippen LogP contribution is -2.10. The van der Waals surface area contributed by atoms with Gasteiger partial charge in [-0.05, 0) is 77.2 Å². The molecule has 0 saturated heterocycles. The number of hydrogen-bond donors (Lipinski definition) is 1. The van der Waals surface area contributed by atoms with E-state index in [1.54, 1.807) is 42.5 Å². The summed E-state index contributed by atoms with van der Waals surface area (Å²) in [5.41, 5.74) is 6.75. The minimum Gasteiger partial charge on any atom is -0.490 e. The van der Waals surface area contributed by atoms with Gasteiger partial charge in [0.25, 0.3) is 5.91 Å². The number of aliphatic imine (C=N–C) groups is 1. The van der Waals surface area contributed by atoms with Crippen molar-refractivity contribution in [2.45, 2.75) is 6.92 Å². The Labute approximate surface area is 174 Å². The van der Waals surface area contributed by atoms with E-state index >= 15 is 0 Å². The highest BCUT2D eigenvalue weighted by Gasteiger charge is 2.21. The van der Waals surface area contributed by atoms with Gasteiger partial charge >= 0.3 is 5.97 Å². The Balaban J connectivity index is 1.92. The average molecular weight is 494 g/mol. The number of ether oxygens (including phenoxy) is 2. The fourth-order valence-electron chi connectivity index (χ4n) is 2.34. The third kappa shape index (κ3) is 4.69. The van der Waals surface area contributed by atoms with Crippen molar-refractivity contribution in [1.29, 1.82) is 0 Å². The minimum atomic E-state index is -0.469. The van der Waals surface area contributed by atoms with Crippen LogP contribution >= 0.6 is 34.4 Å². The summed E-state index contributed by atoms with van der Waals surface area (Å²) in [7, 11) is 0. The summed E-state index contributed by atoms with van der Waals surface area (Å²) in [5, 5.41) is 0.222. The molecule has 0 aromatic heterocycles. The van der Waals surface area contributed by atoms with Gasteiger partial charge in [0, 0.05) is 0 Å². The van der Waals surface area contributed by atoms with Crippen LogP contribution in [0, 0.1) is 3.57 Å². The fourth-order valence-corrected chi connectivity index (χ4v) is 3.75. The number of carbonyl (C=O) groups excluding carboxylic acids is 2. The normalized spacial score (nSPS) is 15.0. The highest BCUT2D eigenvalue weighted by molar-refractivity contribution is 14.1. The zero-order valence-electron chi connectivity index (χ0n) is 14.3. The van der Waals surface area contributed by atoms with Gasteiger partial charge in [0.05, 0.1) is 20.6 Å². The quantitative estimate of drug-likeness (QED) is 0.294. The molecule has 1 aliphatic rings. The predicted octanol–water partition coefficient (Wildman–Crippen LogP) is 3.84. The molecule has 3 rings (SSSR count). The highest BCUT2D eigenvalue weighted by atomic mass is 127. The summed E-state index contributed by atoms with van der Waals surface area (Å²) in [6.07, 6.45) is 1.68. The second kappa shape index (κ2) is 8.57. The lowest BCUT2D eigenvalue weighted by Gasteiger charge is -2.13.